The third kappa shape index (κ3) is 4.21. The van der Waals surface area contributed by atoms with Gasteiger partial charge in [-0.15, -0.1) is 11.6 Å². The van der Waals surface area contributed by atoms with E-state index in [2.05, 4.69) is 5.32 Å². The summed E-state index contributed by atoms with van der Waals surface area (Å²) in [6, 6.07) is 9.88. The van der Waals surface area contributed by atoms with Gasteiger partial charge in [0.1, 0.15) is 0 Å². The van der Waals surface area contributed by atoms with Crippen LogP contribution in [0.5, 0.6) is 0 Å². The fourth-order valence-corrected chi connectivity index (χ4v) is 3.04. The molecule has 3 nitrogen and oxygen atoms in total. The van der Waals surface area contributed by atoms with Gasteiger partial charge in [0, 0.05) is 18.9 Å². The number of ether oxygens (including phenoxy) is 1. The van der Waals surface area contributed by atoms with Crippen molar-refractivity contribution in [2.45, 2.75) is 44.8 Å². The molecule has 0 saturated heterocycles. The number of carbonyl (C=O) groups excluding carboxylic acids is 1. The Morgan fingerprint density at radius 2 is 2.05 bits per heavy atom. The summed E-state index contributed by atoms with van der Waals surface area (Å²) in [6.07, 6.45) is 2.89. The highest BCUT2D eigenvalue weighted by Crippen LogP contribution is 2.33. The molecule has 0 aromatic heterocycles. The number of hydrogen-bond acceptors (Lipinski definition) is 2. The van der Waals surface area contributed by atoms with Crippen LogP contribution in [0.4, 0.5) is 0 Å². The number of halogens is 1. The first-order chi connectivity index (χ1) is 10.1. The highest BCUT2D eigenvalue weighted by molar-refractivity contribution is 6.18. The van der Waals surface area contributed by atoms with Crippen molar-refractivity contribution >= 4 is 17.5 Å². The van der Waals surface area contributed by atoms with Crippen LogP contribution in [0.25, 0.3) is 0 Å². The molecule has 0 bridgehead atoms. The van der Waals surface area contributed by atoms with Crippen molar-refractivity contribution in [1.29, 1.82) is 0 Å². The average Bonchev–Trinajstić information content (AvgIpc) is 2.46. The minimum Gasteiger partial charge on any atom is -0.378 e. The summed E-state index contributed by atoms with van der Waals surface area (Å²) >= 11 is 6.10. The van der Waals surface area contributed by atoms with Gasteiger partial charge in [-0.25, -0.2) is 0 Å². The normalized spacial score (nSPS) is 24.0. The zero-order chi connectivity index (χ0) is 15.3. The molecule has 1 aromatic rings. The van der Waals surface area contributed by atoms with Gasteiger partial charge >= 0.3 is 0 Å². The summed E-state index contributed by atoms with van der Waals surface area (Å²) < 4.78 is 5.53. The molecule has 1 unspecified atom stereocenters. The molecule has 1 saturated carbocycles. The van der Waals surface area contributed by atoms with E-state index in [0.29, 0.717) is 24.3 Å². The van der Waals surface area contributed by atoms with E-state index in [1.165, 1.54) is 0 Å². The molecule has 0 aliphatic heterocycles. The average molecular weight is 310 g/mol. The van der Waals surface area contributed by atoms with Crippen LogP contribution in [0, 0.1) is 5.92 Å². The number of alkyl halides is 1. The summed E-state index contributed by atoms with van der Waals surface area (Å²) in [4.78, 5) is 12.2. The third-order valence-corrected chi connectivity index (χ3v) is 4.70. The topological polar surface area (TPSA) is 38.3 Å². The predicted octanol–water partition coefficient (Wildman–Crippen LogP) is 3.46. The van der Waals surface area contributed by atoms with E-state index in [0.717, 1.165) is 25.0 Å². The van der Waals surface area contributed by atoms with Crippen molar-refractivity contribution in [3.63, 3.8) is 0 Å². The number of hydrogen-bond donors (Lipinski definition) is 1. The zero-order valence-electron chi connectivity index (χ0n) is 12.8. The highest BCUT2D eigenvalue weighted by atomic mass is 35.5. The lowest BCUT2D eigenvalue weighted by molar-refractivity contribution is -0.126. The molecule has 1 aromatic carbocycles. The van der Waals surface area contributed by atoms with Gasteiger partial charge in [-0.05, 0) is 38.2 Å². The Balaban J connectivity index is 1.86. The fourth-order valence-electron chi connectivity index (χ4n) is 2.82. The first kappa shape index (κ1) is 16.3. The summed E-state index contributed by atoms with van der Waals surface area (Å²) in [5, 5.41) is 3.09. The van der Waals surface area contributed by atoms with Crippen LogP contribution in [-0.4, -0.2) is 24.5 Å². The Labute approximate surface area is 132 Å². The first-order valence-corrected chi connectivity index (χ1v) is 8.15. The van der Waals surface area contributed by atoms with Crippen molar-refractivity contribution in [3.8, 4) is 0 Å². The number of rotatable bonds is 7. The van der Waals surface area contributed by atoms with E-state index in [1.54, 1.807) is 0 Å². The molecule has 1 N–H and O–H groups in total. The third-order valence-electron chi connectivity index (χ3n) is 4.16. The van der Waals surface area contributed by atoms with Crippen LogP contribution < -0.4 is 5.32 Å². The van der Waals surface area contributed by atoms with Gasteiger partial charge in [-0.3, -0.25) is 4.79 Å². The molecule has 1 fully saturated rings. The van der Waals surface area contributed by atoms with Crippen molar-refractivity contribution in [2.24, 2.45) is 5.92 Å². The van der Waals surface area contributed by atoms with Crippen LogP contribution >= 0.6 is 11.6 Å². The van der Waals surface area contributed by atoms with Gasteiger partial charge in [0.15, 0.2) is 0 Å². The maximum atomic E-state index is 12.2. The summed E-state index contributed by atoms with van der Waals surface area (Å²) in [7, 11) is 0. The molecule has 1 atom stereocenters. The molecule has 1 aliphatic rings. The minimum atomic E-state index is -0.511. The molecule has 21 heavy (non-hydrogen) atoms. The van der Waals surface area contributed by atoms with Crippen LogP contribution in [0.15, 0.2) is 30.3 Å². The Bertz CT molecular complexity index is 459. The van der Waals surface area contributed by atoms with Gasteiger partial charge in [0.25, 0.3) is 0 Å². The Kier molecular flexibility index (Phi) is 5.65. The predicted molar refractivity (Wildman–Crippen MR) is 85.4 cm³/mol. The van der Waals surface area contributed by atoms with Crippen LogP contribution in [0.3, 0.4) is 0 Å². The summed E-state index contributed by atoms with van der Waals surface area (Å²) in [5.74, 6) is 0.869. The van der Waals surface area contributed by atoms with E-state index in [9.17, 15) is 4.79 Å². The van der Waals surface area contributed by atoms with Crippen molar-refractivity contribution in [2.75, 3.05) is 12.5 Å². The smallest absolute Gasteiger partial charge is 0.221 e. The molecule has 0 radical (unpaired) electrons. The SMILES string of the molecule is CCOC1CC(CC(=O)NC(C)(CCl)c2ccccc2)C1. The number of amides is 1. The van der Waals surface area contributed by atoms with Gasteiger partial charge in [-0.2, -0.15) is 0 Å². The first-order valence-electron chi connectivity index (χ1n) is 7.61. The van der Waals surface area contributed by atoms with Crippen LogP contribution in [0.2, 0.25) is 0 Å². The van der Waals surface area contributed by atoms with Gasteiger partial charge in [0.2, 0.25) is 5.91 Å². The number of benzene rings is 1. The van der Waals surface area contributed by atoms with Crippen molar-refractivity contribution < 1.29 is 9.53 Å². The van der Waals surface area contributed by atoms with E-state index in [1.807, 2.05) is 44.2 Å². The highest BCUT2D eigenvalue weighted by Gasteiger charge is 2.33. The number of nitrogens with one attached hydrogen (secondary N) is 1. The lowest BCUT2D eigenvalue weighted by atomic mass is 9.79. The quantitative estimate of drug-likeness (QED) is 0.783. The minimum absolute atomic E-state index is 0.0713. The maximum absolute atomic E-state index is 12.2. The van der Waals surface area contributed by atoms with Crippen LogP contribution in [0.1, 0.15) is 38.7 Å². The van der Waals surface area contributed by atoms with E-state index >= 15 is 0 Å². The summed E-state index contributed by atoms with van der Waals surface area (Å²) in [5.41, 5.74) is 0.525. The standard InChI is InChI=1S/C17H24ClNO2/c1-3-21-15-9-13(10-15)11-16(20)19-17(2,12-18)14-7-5-4-6-8-14/h4-8,13,15H,3,9-12H2,1-2H3,(H,19,20). The largest absolute Gasteiger partial charge is 0.378 e. The Morgan fingerprint density at radius 1 is 1.38 bits per heavy atom. The molecule has 1 aliphatic carbocycles. The lowest BCUT2D eigenvalue weighted by Gasteiger charge is -2.36. The maximum Gasteiger partial charge on any atom is 0.221 e. The van der Waals surface area contributed by atoms with E-state index in [4.69, 9.17) is 16.3 Å². The van der Waals surface area contributed by atoms with Crippen molar-refractivity contribution in [1.82, 2.24) is 5.32 Å². The van der Waals surface area contributed by atoms with Crippen LogP contribution in [-0.2, 0) is 15.1 Å². The van der Waals surface area contributed by atoms with Crippen molar-refractivity contribution in [3.05, 3.63) is 35.9 Å². The monoisotopic (exact) mass is 309 g/mol. The van der Waals surface area contributed by atoms with E-state index < -0.39 is 5.54 Å². The van der Waals surface area contributed by atoms with Gasteiger partial charge < -0.3 is 10.1 Å². The molecule has 1 amide bonds. The molecular formula is C17H24ClNO2. The molecule has 0 spiro atoms. The Hall–Kier alpha value is -1.06. The van der Waals surface area contributed by atoms with Gasteiger partial charge in [0.05, 0.1) is 11.6 Å². The zero-order valence-corrected chi connectivity index (χ0v) is 13.5. The van der Waals surface area contributed by atoms with E-state index in [-0.39, 0.29) is 5.91 Å². The molecule has 116 valence electrons. The van der Waals surface area contributed by atoms with Gasteiger partial charge in [-0.1, -0.05) is 30.3 Å². The second-order valence-corrected chi connectivity index (χ2v) is 6.27. The Morgan fingerprint density at radius 3 is 2.62 bits per heavy atom. The molecular weight excluding hydrogens is 286 g/mol. The molecule has 2 rings (SSSR count). The summed E-state index contributed by atoms with van der Waals surface area (Å²) in [6.45, 7) is 4.73. The lowest BCUT2D eigenvalue weighted by Crippen LogP contribution is -2.46. The number of carbonyl (C=O) groups is 1. The molecule has 0 heterocycles. The second-order valence-electron chi connectivity index (χ2n) is 6.00. The second kappa shape index (κ2) is 7.28. The fraction of sp³-hybridized carbons (Fsp3) is 0.588. The molecule has 4 heteroatoms.